The number of benzene rings is 1. The average molecular weight is 283 g/mol. The second-order valence-corrected chi connectivity index (χ2v) is 5.67. The van der Waals surface area contributed by atoms with Gasteiger partial charge in [0.05, 0.1) is 16.8 Å². The molecule has 1 unspecified atom stereocenters. The fourth-order valence-electron chi connectivity index (χ4n) is 2.49. The van der Waals surface area contributed by atoms with Crippen molar-refractivity contribution in [1.82, 2.24) is 4.90 Å². The van der Waals surface area contributed by atoms with E-state index in [-0.39, 0.29) is 6.10 Å². The van der Waals surface area contributed by atoms with Crippen LogP contribution < -0.4 is 5.32 Å². The lowest BCUT2D eigenvalue weighted by molar-refractivity contribution is 0.0962. The third-order valence-electron chi connectivity index (χ3n) is 3.76. The third-order valence-corrected chi connectivity index (χ3v) is 4.09. The first-order valence-electron chi connectivity index (χ1n) is 7.10. The van der Waals surface area contributed by atoms with Gasteiger partial charge in [0.15, 0.2) is 0 Å². The molecule has 19 heavy (non-hydrogen) atoms. The molecular formula is C15H23ClN2O. The summed E-state index contributed by atoms with van der Waals surface area (Å²) in [6.07, 6.45) is 2.84. The van der Waals surface area contributed by atoms with Gasteiger partial charge in [0.25, 0.3) is 0 Å². The molecule has 4 heteroatoms. The van der Waals surface area contributed by atoms with Crippen LogP contribution in [0.1, 0.15) is 26.2 Å². The highest BCUT2D eigenvalue weighted by Crippen LogP contribution is 2.24. The normalized spacial score (nSPS) is 19.3. The first-order valence-corrected chi connectivity index (χ1v) is 7.48. The Bertz CT molecular complexity index is 391. The van der Waals surface area contributed by atoms with E-state index in [4.69, 9.17) is 11.6 Å². The van der Waals surface area contributed by atoms with Gasteiger partial charge < -0.3 is 15.3 Å². The smallest absolute Gasteiger partial charge is 0.0664 e. The van der Waals surface area contributed by atoms with Crippen molar-refractivity contribution >= 4 is 17.3 Å². The fraction of sp³-hybridized carbons (Fsp3) is 0.600. The number of β-amino-alcohol motifs (C(OH)–C–C–N with tert-alkyl or cyclic N) is 1. The van der Waals surface area contributed by atoms with Gasteiger partial charge in [-0.15, -0.1) is 0 Å². The average Bonchev–Trinajstić information content (AvgIpc) is 2.43. The Balaban J connectivity index is 1.79. The van der Waals surface area contributed by atoms with Crippen molar-refractivity contribution in [2.45, 2.75) is 38.3 Å². The molecule has 1 aliphatic heterocycles. The first-order chi connectivity index (χ1) is 9.19. The predicted octanol–water partition coefficient (Wildman–Crippen LogP) is 2.99. The number of para-hydroxylation sites is 1. The van der Waals surface area contributed by atoms with Crippen LogP contribution in [-0.2, 0) is 0 Å². The highest BCUT2D eigenvalue weighted by atomic mass is 35.5. The van der Waals surface area contributed by atoms with E-state index >= 15 is 0 Å². The molecule has 1 atom stereocenters. The van der Waals surface area contributed by atoms with E-state index in [1.54, 1.807) is 0 Å². The second kappa shape index (κ2) is 7.13. The molecule has 1 aromatic rings. The van der Waals surface area contributed by atoms with Crippen LogP contribution in [0.25, 0.3) is 0 Å². The van der Waals surface area contributed by atoms with Crippen LogP contribution in [0.4, 0.5) is 5.69 Å². The maximum atomic E-state index is 9.67. The summed E-state index contributed by atoms with van der Waals surface area (Å²) in [4.78, 5) is 2.35. The van der Waals surface area contributed by atoms with Crippen LogP contribution in [0.3, 0.4) is 0 Å². The molecule has 1 saturated heterocycles. The minimum atomic E-state index is -0.187. The maximum Gasteiger partial charge on any atom is 0.0664 e. The summed E-state index contributed by atoms with van der Waals surface area (Å²) in [5.41, 5.74) is 1.02. The number of anilines is 1. The van der Waals surface area contributed by atoms with Gasteiger partial charge in [-0.3, -0.25) is 0 Å². The zero-order chi connectivity index (χ0) is 13.7. The summed E-state index contributed by atoms with van der Waals surface area (Å²) in [6.45, 7) is 4.91. The number of halogens is 1. The zero-order valence-corrected chi connectivity index (χ0v) is 12.2. The van der Waals surface area contributed by atoms with Crippen molar-refractivity contribution in [3.8, 4) is 0 Å². The van der Waals surface area contributed by atoms with Crippen molar-refractivity contribution < 1.29 is 5.11 Å². The number of aliphatic hydroxyl groups is 1. The van der Waals surface area contributed by atoms with Crippen molar-refractivity contribution in [2.75, 3.05) is 25.0 Å². The quantitative estimate of drug-likeness (QED) is 0.871. The highest BCUT2D eigenvalue weighted by molar-refractivity contribution is 6.33. The molecule has 1 aliphatic rings. The number of nitrogens with one attached hydrogen (secondary N) is 1. The van der Waals surface area contributed by atoms with Crippen LogP contribution >= 0.6 is 11.6 Å². The highest BCUT2D eigenvalue weighted by Gasteiger charge is 2.20. The Morgan fingerprint density at radius 3 is 2.68 bits per heavy atom. The molecular weight excluding hydrogens is 260 g/mol. The lowest BCUT2D eigenvalue weighted by Gasteiger charge is -2.34. The molecule has 0 amide bonds. The van der Waals surface area contributed by atoms with E-state index in [2.05, 4.69) is 10.2 Å². The summed E-state index contributed by atoms with van der Waals surface area (Å²) in [6, 6.07) is 8.37. The molecule has 0 aromatic heterocycles. The lowest BCUT2D eigenvalue weighted by atomic mass is 10.0. The predicted molar refractivity (Wildman–Crippen MR) is 80.8 cm³/mol. The van der Waals surface area contributed by atoms with Crippen molar-refractivity contribution in [3.63, 3.8) is 0 Å². The summed E-state index contributed by atoms with van der Waals surface area (Å²) < 4.78 is 0. The first kappa shape index (κ1) is 14.6. The molecule has 1 aromatic carbocycles. The molecule has 0 bridgehead atoms. The summed E-state index contributed by atoms with van der Waals surface area (Å²) in [5.74, 6) is 0. The van der Waals surface area contributed by atoms with Crippen LogP contribution in [0.15, 0.2) is 24.3 Å². The van der Waals surface area contributed by atoms with Crippen molar-refractivity contribution in [1.29, 1.82) is 0 Å². The van der Waals surface area contributed by atoms with Gasteiger partial charge in [0.1, 0.15) is 0 Å². The number of rotatable bonds is 5. The molecule has 2 N–H and O–H groups in total. The van der Waals surface area contributed by atoms with Crippen LogP contribution in [0.5, 0.6) is 0 Å². The minimum absolute atomic E-state index is 0.187. The molecule has 1 fully saturated rings. The van der Waals surface area contributed by atoms with E-state index < -0.39 is 0 Å². The summed E-state index contributed by atoms with van der Waals surface area (Å²) in [7, 11) is 0. The number of piperidine rings is 1. The number of aliphatic hydroxyl groups excluding tert-OH is 1. The van der Waals surface area contributed by atoms with Gasteiger partial charge in [0.2, 0.25) is 0 Å². The largest absolute Gasteiger partial charge is 0.392 e. The Labute approximate surface area is 120 Å². The lowest BCUT2D eigenvalue weighted by Crippen LogP contribution is -2.42. The van der Waals surface area contributed by atoms with E-state index in [1.807, 2.05) is 31.2 Å². The number of hydrogen-bond donors (Lipinski definition) is 2. The molecule has 0 aliphatic carbocycles. The molecule has 0 saturated carbocycles. The van der Waals surface area contributed by atoms with E-state index in [1.165, 1.54) is 0 Å². The Kier molecular flexibility index (Phi) is 5.49. The van der Waals surface area contributed by atoms with Gasteiger partial charge in [-0.25, -0.2) is 0 Å². The Morgan fingerprint density at radius 1 is 1.37 bits per heavy atom. The van der Waals surface area contributed by atoms with E-state index in [0.29, 0.717) is 6.04 Å². The Morgan fingerprint density at radius 2 is 2.05 bits per heavy atom. The fourth-order valence-corrected chi connectivity index (χ4v) is 2.68. The molecule has 2 rings (SSSR count). The number of nitrogens with zero attached hydrogens (tertiary/aromatic N) is 1. The zero-order valence-electron chi connectivity index (χ0n) is 11.5. The second-order valence-electron chi connectivity index (χ2n) is 5.26. The number of hydrogen-bond acceptors (Lipinski definition) is 3. The minimum Gasteiger partial charge on any atom is -0.392 e. The van der Waals surface area contributed by atoms with E-state index in [0.717, 1.165) is 49.6 Å². The maximum absolute atomic E-state index is 9.67. The SMILES string of the molecule is CCC(O)CN1CCC(Nc2ccccc2Cl)CC1. The molecule has 0 spiro atoms. The van der Waals surface area contributed by atoms with Gasteiger partial charge >= 0.3 is 0 Å². The van der Waals surface area contributed by atoms with Gasteiger partial charge in [-0.05, 0) is 31.4 Å². The van der Waals surface area contributed by atoms with Gasteiger partial charge in [0, 0.05) is 25.7 Å². The monoisotopic (exact) mass is 282 g/mol. The standard InChI is InChI=1S/C15H23ClN2O/c1-2-13(19)11-18-9-7-12(8-10-18)17-15-6-4-3-5-14(15)16/h3-6,12-13,17,19H,2,7-11H2,1H3. The van der Waals surface area contributed by atoms with Crippen molar-refractivity contribution in [3.05, 3.63) is 29.3 Å². The van der Waals surface area contributed by atoms with Crippen LogP contribution in [0.2, 0.25) is 5.02 Å². The van der Waals surface area contributed by atoms with Gasteiger partial charge in [-0.1, -0.05) is 30.7 Å². The topological polar surface area (TPSA) is 35.5 Å². The molecule has 1 heterocycles. The van der Waals surface area contributed by atoms with E-state index in [9.17, 15) is 5.11 Å². The summed E-state index contributed by atoms with van der Waals surface area (Å²) in [5, 5.41) is 14.0. The van der Waals surface area contributed by atoms with Crippen molar-refractivity contribution in [2.24, 2.45) is 0 Å². The number of likely N-dealkylation sites (tertiary alicyclic amines) is 1. The third kappa shape index (κ3) is 4.37. The summed E-state index contributed by atoms with van der Waals surface area (Å²) >= 11 is 6.15. The molecule has 0 radical (unpaired) electrons. The van der Waals surface area contributed by atoms with Crippen LogP contribution in [-0.4, -0.2) is 41.8 Å². The van der Waals surface area contributed by atoms with Gasteiger partial charge in [-0.2, -0.15) is 0 Å². The van der Waals surface area contributed by atoms with Crippen LogP contribution in [0, 0.1) is 0 Å². The molecule has 3 nitrogen and oxygen atoms in total. The Hall–Kier alpha value is -0.770. The molecule has 106 valence electrons.